The van der Waals surface area contributed by atoms with Gasteiger partial charge in [-0.05, 0) is 12.1 Å². The number of hydrogen-bond donors (Lipinski definition) is 1. The van der Waals surface area contributed by atoms with Gasteiger partial charge in [0.15, 0.2) is 11.2 Å². The van der Waals surface area contributed by atoms with Gasteiger partial charge in [0.1, 0.15) is 11.6 Å². The highest BCUT2D eigenvalue weighted by molar-refractivity contribution is 7.15. The lowest BCUT2D eigenvalue weighted by Gasteiger charge is -2.15. The maximum absolute atomic E-state index is 12.6. The van der Waals surface area contributed by atoms with Crippen LogP contribution in [0.4, 0.5) is 10.8 Å². The summed E-state index contributed by atoms with van der Waals surface area (Å²) in [6, 6.07) is 9.43. The Labute approximate surface area is 196 Å². The monoisotopic (exact) mass is 480 g/mol. The molecule has 1 aliphatic heterocycles. The van der Waals surface area contributed by atoms with Crippen molar-refractivity contribution in [3.05, 3.63) is 62.5 Å². The number of carbonyl (C=O) groups excluding carboxylic acids is 2. The van der Waals surface area contributed by atoms with Gasteiger partial charge in [-0.25, -0.2) is 9.78 Å². The van der Waals surface area contributed by atoms with Crippen LogP contribution in [0.25, 0.3) is 11.2 Å². The molecule has 0 radical (unpaired) electrons. The minimum atomic E-state index is -0.532. The van der Waals surface area contributed by atoms with Crippen molar-refractivity contribution in [3.8, 4) is 0 Å². The van der Waals surface area contributed by atoms with Crippen molar-refractivity contribution in [3.63, 3.8) is 0 Å². The molecule has 12 nitrogen and oxygen atoms in total. The summed E-state index contributed by atoms with van der Waals surface area (Å²) in [6.45, 7) is 0.303. The number of aryl methyl sites for hydroxylation is 1. The number of hydrogen-bond acceptors (Lipinski definition) is 8. The third kappa shape index (κ3) is 3.69. The molecule has 1 fully saturated rings. The van der Waals surface area contributed by atoms with E-state index >= 15 is 0 Å². The Morgan fingerprint density at radius 3 is 2.65 bits per heavy atom. The Kier molecular flexibility index (Phi) is 5.32. The van der Waals surface area contributed by atoms with E-state index < -0.39 is 17.2 Å². The fourth-order valence-electron chi connectivity index (χ4n) is 4.01. The molecule has 2 amide bonds. The molecule has 13 heteroatoms. The van der Waals surface area contributed by atoms with Crippen LogP contribution in [-0.4, -0.2) is 47.2 Å². The first-order valence-corrected chi connectivity index (χ1v) is 11.2. The van der Waals surface area contributed by atoms with Crippen molar-refractivity contribution in [1.29, 1.82) is 0 Å². The maximum atomic E-state index is 12.6. The number of nitrogens with zero attached hydrogens (tertiary/aromatic N) is 7. The van der Waals surface area contributed by atoms with Crippen LogP contribution in [0.5, 0.6) is 0 Å². The average molecular weight is 481 g/mol. The molecular weight excluding hydrogens is 460 g/mol. The number of carbonyl (C=O) groups is 2. The van der Waals surface area contributed by atoms with Gasteiger partial charge < -0.3 is 9.47 Å². The predicted molar refractivity (Wildman–Crippen MR) is 125 cm³/mol. The SMILES string of the molecule is Cn1c(=O)c2c(ncn2CC(=O)Nc2nnc([C@H]3CC(=O)N(c4ccccc4)C3)s2)n(C)c1=O. The molecule has 1 aliphatic rings. The molecule has 1 N–H and O–H groups in total. The van der Waals surface area contributed by atoms with E-state index in [9.17, 15) is 19.2 Å². The van der Waals surface area contributed by atoms with Crippen molar-refractivity contribution >= 4 is 45.1 Å². The Bertz CT molecular complexity index is 1530. The Hall–Kier alpha value is -4.13. The maximum Gasteiger partial charge on any atom is 0.332 e. The van der Waals surface area contributed by atoms with Crippen LogP contribution in [0.15, 0.2) is 46.2 Å². The summed E-state index contributed by atoms with van der Waals surface area (Å²) in [6.07, 6.45) is 1.67. The first-order chi connectivity index (χ1) is 16.3. The molecule has 1 aromatic carbocycles. The molecule has 4 heterocycles. The van der Waals surface area contributed by atoms with Gasteiger partial charge >= 0.3 is 5.69 Å². The fourth-order valence-corrected chi connectivity index (χ4v) is 4.86. The van der Waals surface area contributed by atoms with Gasteiger partial charge in [-0.3, -0.25) is 28.8 Å². The molecular formula is C21H20N8O4S. The van der Waals surface area contributed by atoms with Gasteiger partial charge in [-0.1, -0.05) is 29.5 Å². The van der Waals surface area contributed by atoms with Crippen molar-refractivity contribution in [2.24, 2.45) is 14.1 Å². The van der Waals surface area contributed by atoms with E-state index in [4.69, 9.17) is 0 Å². The molecule has 0 saturated carbocycles. The Morgan fingerprint density at radius 2 is 1.88 bits per heavy atom. The number of anilines is 2. The Balaban J connectivity index is 1.30. The molecule has 1 atom stereocenters. The number of aromatic nitrogens is 6. The van der Waals surface area contributed by atoms with Crippen LogP contribution in [-0.2, 0) is 30.2 Å². The molecule has 1 saturated heterocycles. The summed E-state index contributed by atoms with van der Waals surface area (Å²) < 4.78 is 3.61. The van der Waals surface area contributed by atoms with Crippen LogP contribution in [0.2, 0.25) is 0 Å². The van der Waals surface area contributed by atoms with Gasteiger partial charge in [0.05, 0.1) is 6.33 Å². The van der Waals surface area contributed by atoms with E-state index in [1.165, 1.54) is 40.9 Å². The van der Waals surface area contributed by atoms with Gasteiger partial charge in [-0.2, -0.15) is 0 Å². The van der Waals surface area contributed by atoms with E-state index in [0.717, 1.165) is 10.3 Å². The lowest BCUT2D eigenvalue weighted by atomic mass is 10.1. The van der Waals surface area contributed by atoms with Crippen molar-refractivity contribution in [1.82, 2.24) is 28.9 Å². The van der Waals surface area contributed by atoms with Crippen LogP contribution >= 0.6 is 11.3 Å². The number of fused-ring (bicyclic) bond motifs is 1. The van der Waals surface area contributed by atoms with Crippen LogP contribution in [0, 0.1) is 0 Å². The van der Waals surface area contributed by atoms with E-state index in [1.807, 2.05) is 30.3 Å². The third-order valence-electron chi connectivity index (χ3n) is 5.76. The summed E-state index contributed by atoms with van der Waals surface area (Å²) in [5.41, 5.74) is 0.167. The first-order valence-electron chi connectivity index (χ1n) is 10.4. The van der Waals surface area contributed by atoms with Gasteiger partial charge in [0.2, 0.25) is 16.9 Å². The average Bonchev–Trinajstić information content (AvgIpc) is 3.55. The van der Waals surface area contributed by atoms with Crippen molar-refractivity contribution < 1.29 is 9.59 Å². The van der Waals surface area contributed by atoms with Crippen LogP contribution in [0.3, 0.4) is 0 Å². The smallest absolute Gasteiger partial charge is 0.315 e. The standard InChI is InChI=1S/C21H20N8O4S/c1-26-17-16(19(32)27(2)21(26)33)28(11-22-17)10-14(30)23-20-25-24-18(34-20)12-8-15(31)29(9-12)13-6-4-3-5-7-13/h3-7,11-12H,8-10H2,1-2H3,(H,23,25,30)/t12-/m0/s1. The molecule has 34 heavy (non-hydrogen) atoms. The summed E-state index contributed by atoms with van der Waals surface area (Å²) in [4.78, 5) is 55.5. The minimum Gasteiger partial charge on any atom is -0.315 e. The number of nitrogens with one attached hydrogen (secondary N) is 1. The number of amides is 2. The highest BCUT2D eigenvalue weighted by Gasteiger charge is 2.34. The minimum absolute atomic E-state index is 0.0138. The van der Waals surface area contributed by atoms with Gasteiger partial charge in [-0.15, -0.1) is 10.2 Å². The van der Waals surface area contributed by atoms with Crippen molar-refractivity contribution in [2.75, 3.05) is 16.8 Å². The fraction of sp³-hybridized carbons (Fsp3) is 0.286. The second-order valence-electron chi connectivity index (χ2n) is 7.99. The van der Waals surface area contributed by atoms with E-state index in [-0.39, 0.29) is 29.5 Å². The molecule has 0 unspecified atom stereocenters. The first kappa shape index (κ1) is 21.7. The zero-order valence-corrected chi connectivity index (χ0v) is 19.2. The lowest BCUT2D eigenvalue weighted by molar-refractivity contribution is -0.117. The topological polar surface area (TPSA) is 137 Å². The quantitative estimate of drug-likeness (QED) is 0.438. The summed E-state index contributed by atoms with van der Waals surface area (Å²) >= 11 is 1.21. The summed E-state index contributed by atoms with van der Waals surface area (Å²) in [5, 5.41) is 11.9. The number of benzene rings is 1. The van der Waals surface area contributed by atoms with Crippen LogP contribution in [0.1, 0.15) is 17.3 Å². The largest absolute Gasteiger partial charge is 0.332 e. The van der Waals surface area contributed by atoms with Crippen molar-refractivity contribution in [2.45, 2.75) is 18.9 Å². The predicted octanol–water partition coefficient (Wildman–Crippen LogP) is 0.444. The number of imidazole rings is 1. The zero-order chi connectivity index (χ0) is 24.0. The number of para-hydroxylation sites is 1. The second-order valence-corrected chi connectivity index (χ2v) is 8.99. The number of rotatable bonds is 5. The molecule has 3 aromatic heterocycles. The zero-order valence-electron chi connectivity index (χ0n) is 18.3. The Morgan fingerprint density at radius 1 is 1.12 bits per heavy atom. The highest BCUT2D eigenvalue weighted by Crippen LogP contribution is 2.34. The van der Waals surface area contributed by atoms with Crippen LogP contribution < -0.4 is 21.5 Å². The van der Waals surface area contributed by atoms with Gasteiger partial charge in [0, 0.05) is 38.7 Å². The molecule has 4 aromatic rings. The molecule has 0 bridgehead atoms. The summed E-state index contributed by atoms with van der Waals surface area (Å²) in [5.74, 6) is -0.524. The van der Waals surface area contributed by atoms with E-state index in [0.29, 0.717) is 23.1 Å². The summed E-state index contributed by atoms with van der Waals surface area (Å²) in [7, 11) is 2.88. The molecule has 0 spiro atoms. The van der Waals surface area contributed by atoms with E-state index in [2.05, 4.69) is 20.5 Å². The molecule has 0 aliphatic carbocycles. The third-order valence-corrected chi connectivity index (χ3v) is 6.76. The second kappa shape index (κ2) is 8.33. The molecule has 174 valence electrons. The highest BCUT2D eigenvalue weighted by atomic mass is 32.1. The van der Waals surface area contributed by atoms with E-state index in [1.54, 1.807) is 4.90 Å². The van der Waals surface area contributed by atoms with Gasteiger partial charge in [0.25, 0.3) is 5.56 Å². The normalized spacial score (nSPS) is 15.9. The lowest BCUT2D eigenvalue weighted by Crippen LogP contribution is -2.37. The molecule has 5 rings (SSSR count).